The van der Waals surface area contributed by atoms with Crippen molar-refractivity contribution in [2.75, 3.05) is 16.8 Å². The molecule has 0 radical (unpaired) electrons. The van der Waals surface area contributed by atoms with Gasteiger partial charge in [-0.3, -0.25) is 9.59 Å². The average molecular weight is 389 g/mol. The van der Waals surface area contributed by atoms with Gasteiger partial charge in [-0.1, -0.05) is 29.3 Å². The molecule has 1 heterocycles. The molecule has 0 saturated carbocycles. The molecule has 1 N–H and O–H groups in total. The van der Waals surface area contributed by atoms with Crippen molar-refractivity contribution >= 4 is 52.5 Å². The quantitative estimate of drug-likeness (QED) is 0.756. The van der Waals surface area contributed by atoms with Gasteiger partial charge in [0.1, 0.15) is 0 Å². The molecule has 1 aliphatic heterocycles. The molecule has 0 unspecified atom stereocenters. The van der Waals surface area contributed by atoms with Gasteiger partial charge < -0.3 is 10.2 Å². The summed E-state index contributed by atoms with van der Waals surface area (Å²) in [6, 6.07) is 10.8. The molecule has 0 spiro atoms. The molecule has 6 heteroatoms. The first-order valence-electron chi connectivity index (χ1n) is 8.30. The minimum absolute atomic E-state index is 0.0299. The highest BCUT2D eigenvalue weighted by atomic mass is 35.5. The predicted octanol–water partition coefficient (Wildman–Crippen LogP) is 4.94. The van der Waals surface area contributed by atoms with Crippen LogP contribution in [0.4, 0.5) is 11.4 Å². The zero-order valence-electron chi connectivity index (χ0n) is 14.3. The number of carbonyl (C=O) groups is 2. The summed E-state index contributed by atoms with van der Waals surface area (Å²) >= 11 is 12.2. The molecule has 0 saturated heterocycles. The van der Waals surface area contributed by atoms with E-state index in [2.05, 4.69) is 5.32 Å². The molecule has 26 heavy (non-hydrogen) atoms. The van der Waals surface area contributed by atoms with Crippen LogP contribution in [0.25, 0.3) is 6.08 Å². The van der Waals surface area contributed by atoms with Crippen LogP contribution in [-0.4, -0.2) is 18.4 Å². The van der Waals surface area contributed by atoms with Crippen molar-refractivity contribution in [1.29, 1.82) is 0 Å². The molecule has 2 amide bonds. The minimum Gasteiger partial charge on any atom is -0.323 e. The Morgan fingerprint density at radius 3 is 2.58 bits per heavy atom. The topological polar surface area (TPSA) is 49.4 Å². The van der Waals surface area contributed by atoms with Crippen LogP contribution in [0, 0.1) is 0 Å². The van der Waals surface area contributed by atoms with Crippen LogP contribution in [0.2, 0.25) is 10.0 Å². The second-order valence-corrected chi connectivity index (χ2v) is 6.89. The third-order valence-electron chi connectivity index (χ3n) is 4.25. The van der Waals surface area contributed by atoms with Crippen LogP contribution in [-0.2, 0) is 16.0 Å². The fourth-order valence-corrected chi connectivity index (χ4v) is 3.54. The normalized spacial score (nSPS) is 13.6. The SMILES string of the molecule is CC(=O)N1CCCc2cc(NC(=O)/C=C/c3c(Cl)cccc3Cl)ccc21. The van der Waals surface area contributed by atoms with Gasteiger partial charge in [0.2, 0.25) is 11.8 Å². The van der Waals surface area contributed by atoms with Crippen LogP contribution < -0.4 is 10.2 Å². The molecule has 1 aliphatic rings. The highest BCUT2D eigenvalue weighted by Gasteiger charge is 2.20. The lowest BCUT2D eigenvalue weighted by atomic mass is 10.0. The fourth-order valence-electron chi connectivity index (χ4n) is 3.01. The first-order valence-corrected chi connectivity index (χ1v) is 9.05. The summed E-state index contributed by atoms with van der Waals surface area (Å²) in [5, 5.41) is 3.80. The summed E-state index contributed by atoms with van der Waals surface area (Å²) in [5.74, 6) is -0.248. The smallest absolute Gasteiger partial charge is 0.248 e. The van der Waals surface area contributed by atoms with E-state index in [9.17, 15) is 9.59 Å². The summed E-state index contributed by atoms with van der Waals surface area (Å²) < 4.78 is 0. The number of carbonyl (C=O) groups excluding carboxylic acids is 2. The van der Waals surface area contributed by atoms with E-state index in [-0.39, 0.29) is 11.8 Å². The van der Waals surface area contributed by atoms with Gasteiger partial charge in [-0.05, 0) is 54.8 Å². The molecule has 4 nitrogen and oxygen atoms in total. The summed E-state index contributed by atoms with van der Waals surface area (Å²) in [6.07, 6.45) is 4.78. The molecule has 0 aromatic heterocycles. The molecular formula is C20H18Cl2N2O2. The summed E-state index contributed by atoms with van der Waals surface area (Å²) in [5.41, 5.74) is 3.27. The monoisotopic (exact) mass is 388 g/mol. The van der Waals surface area contributed by atoms with Crippen LogP contribution in [0.3, 0.4) is 0 Å². The maximum atomic E-state index is 12.2. The number of rotatable bonds is 3. The zero-order chi connectivity index (χ0) is 18.7. The van der Waals surface area contributed by atoms with Crippen LogP contribution in [0.5, 0.6) is 0 Å². The van der Waals surface area contributed by atoms with E-state index in [1.807, 2.05) is 12.1 Å². The largest absolute Gasteiger partial charge is 0.323 e. The van der Waals surface area contributed by atoms with Crippen LogP contribution >= 0.6 is 23.2 Å². The fraction of sp³-hybridized carbons (Fsp3) is 0.200. The Morgan fingerprint density at radius 1 is 1.15 bits per heavy atom. The lowest BCUT2D eigenvalue weighted by Gasteiger charge is -2.28. The number of hydrogen-bond donors (Lipinski definition) is 1. The number of fused-ring (bicyclic) bond motifs is 1. The Kier molecular flexibility index (Phi) is 5.64. The third-order valence-corrected chi connectivity index (χ3v) is 4.91. The Labute approximate surface area is 162 Å². The number of nitrogens with zero attached hydrogens (tertiary/aromatic N) is 1. The third kappa shape index (κ3) is 4.09. The molecule has 2 aromatic rings. The molecular weight excluding hydrogens is 371 g/mol. The minimum atomic E-state index is -0.278. The maximum absolute atomic E-state index is 12.2. The van der Waals surface area contributed by atoms with E-state index < -0.39 is 0 Å². The van der Waals surface area contributed by atoms with Gasteiger partial charge in [-0.2, -0.15) is 0 Å². The van der Waals surface area contributed by atoms with Crippen molar-refractivity contribution in [2.24, 2.45) is 0 Å². The molecule has 0 atom stereocenters. The standard InChI is InChI=1S/C20H18Cl2N2O2/c1-13(25)24-11-3-4-14-12-15(7-9-19(14)24)23-20(26)10-8-16-17(21)5-2-6-18(16)22/h2,5-10,12H,3-4,11H2,1H3,(H,23,26)/b10-8+. The van der Waals surface area contributed by atoms with E-state index in [1.54, 1.807) is 42.2 Å². The number of hydrogen-bond acceptors (Lipinski definition) is 2. The van der Waals surface area contributed by atoms with Gasteiger partial charge in [0, 0.05) is 46.5 Å². The molecule has 0 bridgehead atoms. The Balaban J connectivity index is 1.74. The molecule has 3 rings (SSSR count). The molecule has 0 aliphatic carbocycles. The van der Waals surface area contributed by atoms with E-state index >= 15 is 0 Å². The second kappa shape index (κ2) is 7.94. The van der Waals surface area contributed by atoms with Gasteiger partial charge in [0.25, 0.3) is 0 Å². The van der Waals surface area contributed by atoms with Gasteiger partial charge in [-0.25, -0.2) is 0 Å². The second-order valence-electron chi connectivity index (χ2n) is 6.08. The number of amides is 2. The lowest BCUT2D eigenvalue weighted by Crippen LogP contribution is -2.33. The summed E-state index contributed by atoms with van der Waals surface area (Å²) in [6.45, 7) is 2.30. The number of halogens is 2. The van der Waals surface area contributed by atoms with Gasteiger partial charge in [0.05, 0.1) is 0 Å². The summed E-state index contributed by atoms with van der Waals surface area (Å²) in [4.78, 5) is 25.7. The molecule has 0 fully saturated rings. The number of aryl methyl sites for hydroxylation is 1. The Morgan fingerprint density at radius 2 is 1.88 bits per heavy atom. The van der Waals surface area contributed by atoms with E-state index in [0.29, 0.717) is 21.3 Å². The van der Waals surface area contributed by atoms with E-state index in [4.69, 9.17) is 23.2 Å². The maximum Gasteiger partial charge on any atom is 0.248 e. The van der Waals surface area contributed by atoms with Crippen molar-refractivity contribution in [3.05, 3.63) is 63.6 Å². The van der Waals surface area contributed by atoms with Gasteiger partial charge in [0.15, 0.2) is 0 Å². The number of benzene rings is 2. The Bertz CT molecular complexity index is 873. The highest BCUT2D eigenvalue weighted by Crippen LogP contribution is 2.30. The van der Waals surface area contributed by atoms with E-state index in [1.165, 1.54) is 6.08 Å². The van der Waals surface area contributed by atoms with Crippen LogP contribution in [0.1, 0.15) is 24.5 Å². The predicted molar refractivity (Wildman–Crippen MR) is 107 cm³/mol. The number of nitrogens with one attached hydrogen (secondary N) is 1. The molecule has 134 valence electrons. The van der Waals surface area contributed by atoms with Gasteiger partial charge in [-0.15, -0.1) is 0 Å². The first kappa shape index (κ1) is 18.5. The van der Waals surface area contributed by atoms with Crippen molar-refractivity contribution < 1.29 is 9.59 Å². The molecule has 2 aromatic carbocycles. The zero-order valence-corrected chi connectivity index (χ0v) is 15.8. The Hall–Kier alpha value is -2.30. The van der Waals surface area contributed by atoms with Crippen molar-refractivity contribution in [3.8, 4) is 0 Å². The van der Waals surface area contributed by atoms with Crippen molar-refractivity contribution in [3.63, 3.8) is 0 Å². The average Bonchev–Trinajstić information content (AvgIpc) is 2.60. The lowest BCUT2D eigenvalue weighted by molar-refractivity contribution is -0.116. The number of anilines is 2. The highest BCUT2D eigenvalue weighted by molar-refractivity contribution is 6.37. The summed E-state index contributed by atoms with van der Waals surface area (Å²) in [7, 11) is 0. The first-order chi connectivity index (χ1) is 12.5. The van der Waals surface area contributed by atoms with E-state index in [0.717, 1.165) is 30.6 Å². The van der Waals surface area contributed by atoms with Crippen LogP contribution in [0.15, 0.2) is 42.5 Å². The van der Waals surface area contributed by atoms with Gasteiger partial charge >= 0.3 is 0 Å². The van der Waals surface area contributed by atoms with Crippen molar-refractivity contribution in [2.45, 2.75) is 19.8 Å². The van der Waals surface area contributed by atoms with Crippen molar-refractivity contribution in [1.82, 2.24) is 0 Å².